The number of unbranched alkanes of at least 4 members (excludes halogenated alkanes) is 1. The van der Waals surface area contributed by atoms with Gasteiger partial charge in [-0.1, -0.05) is 13.3 Å². The maximum Gasteiger partial charge on any atom is 0.328 e. The number of hydrogen-bond acceptors (Lipinski definition) is 4. The lowest BCUT2D eigenvalue weighted by Gasteiger charge is -2.22. The SMILES string of the molecule is CCCCOC(=O)C1CCCN1C(=O)[C@H]1CO1. The maximum absolute atomic E-state index is 11.8. The highest BCUT2D eigenvalue weighted by Gasteiger charge is 2.42. The minimum absolute atomic E-state index is 0.0556. The first-order chi connectivity index (χ1) is 8.24. The zero-order valence-electron chi connectivity index (χ0n) is 10.2. The number of amides is 1. The first kappa shape index (κ1) is 12.4. The molecule has 2 saturated heterocycles. The quantitative estimate of drug-likeness (QED) is 0.404. The Balaban J connectivity index is 1.85. The lowest BCUT2D eigenvalue weighted by molar-refractivity contribution is -0.153. The van der Waals surface area contributed by atoms with Gasteiger partial charge in [0.1, 0.15) is 6.04 Å². The third kappa shape index (κ3) is 2.97. The molecule has 0 spiro atoms. The van der Waals surface area contributed by atoms with Gasteiger partial charge >= 0.3 is 5.97 Å². The molecule has 2 rings (SSSR count). The van der Waals surface area contributed by atoms with E-state index in [-0.39, 0.29) is 24.0 Å². The van der Waals surface area contributed by atoms with E-state index in [9.17, 15) is 9.59 Å². The summed E-state index contributed by atoms with van der Waals surface area (Å²) in [6, 6.07) is -0.386. The molecule has 0 aromatic carbocycles. The molecule has 5 heteroatoms. The number of nitrogens with zero attached hydrogens (tertiary/aromatic N) is 1. The van der Waals surface area contributed by atoms with Gasteiger partial charge in [0.25, 0.3) is 5.91 Å². The fourth-order valence-corrected chi connectivity index (χ4v) is 2.06. The molecule has 2 aliphatic heterocycles. The molecule has 2 atom stereocenters. The normalized spacial score (nSPS) is 27.0. The zero-order valence-corrected chi connectivity index (χ0v) is 10.2. The molecular formula is C12H19NO4. The topological polar surface area (TPSA) is 59.1 Å². The molecule has 0 bridgehead atoms. The predicted molar refractivity (Wildman–Crippen MR) is 60.3 cm³/mol. The van der Waals surface area contributed by atoms with Gasteiger partial charge in [-0.2, -0.15) is 0 Å². The number of rotatable bonds is 5. The van der Waals surface area contributed by atoms with Crippen LogP contribution in [-0.4, -0.2) is 48.7 Å². The Kier molecular flexibility index (Phi) is 3.99. The molecular weight excluding hydrogens is 222 g/mol. The summed E-state index contributed by atoms with van der Waals surface area (Å²) in [6.07, 6.45) is 3.14. The van der Waals surface area contributed by atoms with Crippen molar-refractivity contribution in [1.82, 2.24) is 4.90 Å². The van der Waals surface area contributed by atoms with Crippen LogP contribution in [0.5, 0.6) is 0 Å². The molecule has 1 unspecified atom stereocenters. The fraction of sp³-hybridized carbons (Fsp3) is 0.833. The van der Waals surface area contributed by atoms with Gasteiger partial charge in [0.2, 0.25) is 0 Å². The summed E-state index contributed by atoms with van der Waals surface area (Å²) in [5.41, 5.74) is 0. The van der Waals surface area contributed by atoms with Crippen molar-refractivity contribution < 1.29 is 19.1 Å². The molecule has 0 saturated carbocycles. The summed E-state index contributed by atoms with van der Waals surface area (Å²) in [4.78, 5) is 25.3. The lowest BCUT2D eigenvalue weighted by Crippen LogP contribution is -2.43. The molecule has 2 aliphatic rings. The maximum atomic E-state index is 11.8. The van der Waals surface area contributed by atoms with Gasteiger partial charge in [-0.25, -0.2) is 4.79 Å². The summed E-state index contributed by atoms with van der Waals surface area (Å²) in [5, 5.41) is 0. The van der Waals surface area contributed by atoms with Gasteiger partial charge in [0.15, 0.2) is 6.10 Å². The Morgan fingerprint density at radius 2 is 2.24 bits per heavy atom. The molecule has 0 aromatic heterocycles. The number of hydrogen-bond donors (Lipinski definition) is 0. The molecule has 17 heavy (non-hydrogen) atoms. The molecule has 1 amide bonds. The van der Waals surface area contributed by atoms with Crippen LogP contribution in [0.2, 0.25) is 0 Å². The van der Waals surface area contributed by atoms with E-state index in [0.29, 0.717) is 26.2 Å². The van der Waals surface area contributed by atoms with E-state index in [4.69, 9.17) is 9.47 Å². The number of carbonyl (C=O) groups excluding carboxylic acids is 2. The van der Waals surface area contributed by atoms with E-state index in [1.54, 1.807) is 4.90 Å². The van der Waals surface area contributed by atoms with E-state index in [1.807, 2.05) is 6.92 Å². The predicted octanol–water partition coefficient (Wildman–Crippen LogP) is 0.720. The average Bonchev–Trinajstić information content (AvgIpc) is 3.05. The summed E-state index contributed by atoms with van der Waals surface area (Å²) in [6.45, 7) is 3.64. The number of carbonyl (C=O) groups is 2. The molecule has 0 N–H and O–H groups in total. The van der Waals surface area contributed by atoms with Crippen molar-refractivity contribution in [2.75, 3.05) is 19.8 Å². The second kappa shape index (κ2) is 5.49. The Bertz CT molecular complexity index is 301. The van der Waals surface area contributed by atoms with Crippen LogP contribution in [0.1, 0.15) is 32.6 Å². The fourth-order valence-electron chi connectivity index (χ4n) is 2.06. The first-order valence-electron chi connectivity index (χ1n) is 6.32. The molecule has 0 radical (unpaired) electrons. The van der Waals surface area contributed by atoms with Crippen molar-refractivity contribution in [3.05, 3.63) is 0 Å². The van der Waals surface area contributed by atoms with Crippen molar-refractivity contribution >= 4 is 11.9 Å². The largest absolute Gasteiger partial charge is 0.464 e. The van der Waals surface area contributed by atoms with E-state index < -0.39 is 0 Å². The monoisotopic (exact) mass is 241 g/mol. The summed E-state index contributed by atoms with van der Waals surface area (Å²) >= 11 is 0. The van der Waals surface area contributed by atoms with Gasteiger partial charge in [-0.05, 0) is 19.3 Å². The van der Waals surface area contributed by atoms with Crippen LogP contribution in [0.4, 0.5) is 0 Å². The highest BCUT2D eigenvalue weighted by Crippen LogP contribution is 2.23. The number of ether oxygens (including phenoxy) is 2. The summed E-state index contributed by atoms with van der Waals surface area (Å²) in [7, 11) is 0. The van der Waals surface area contributed by atoms with Crippen molar-refractivity contribution in [2.24, 2.45) is 0 Å². The van der Waals surface area contributed by atoms with E-state index >= 15 is 0 Å². The summed E-state index contributed by atoms with van der Waals surface area (Å²) < 4.78 is 10.1. The van der Waals surface area contributed by atoms with E-state index in [1.165, 1.54) is 0 Å². The van der Waals surface area contributed by atoms with Crippen molar-refractivity contribution in [3.8, 4) is 0 Å². The lowest BCUT2D eigenvalue weighted by atomic mass is 10.2. The van der Waals surface area contributed by atoms with Gasteiger partial charge in [-0.15, -0.1) is 0 Å². The number of esters is 1. The van der Waals surface area contributed by atoms with Crippen LogP contribution in [-0.2, 0) is 19.1 Å². The molecule has 0 aromatic rings. The third-order valence-electron chi connectivity index (χ3n) is 3.16. The highest BCUT2D eigenvalue weighted by atomic mass is 16.6. The van der Waals surface area contributed by atoms with Crippen LogP contribution in [0.25, 0.3) is 0 Å². The standard InChI is InChI=1S/C12H19NO4/c1-2-3-7-16-12(15)9-5-4-6-13(9)11(14)10-8-17-10/h9-10H,2-8H2,1H3/t9?,10-/m1/s1. The highest BCUT2D eigenvalue weighted by molar-refractivity contribution is 5.88. The van der Waals surface area contributed by atoms with Crippen LogP contribution in [0.3, 0.4) is 0 Å². The molecule has 96 valence electrons. The number of likely N-dealkylation sites (tertiary alicyclic amines) is 1. The Labute approximate surface area is 101 Å². The molecule has 2 fully saturated rings. The van der Waals surface area contributed by atoms with Gasteiger partial charge in [0.05, 0.1) is 13.2 Å². The van der Waals surface area contributed by atoms with Crippen LogP contribution < -0.4 is 0 Å². The van der Waals surface area contributed by atoms with E-state index in [2.05, 4.69) is 0 Å². The van der Waals surface area contributed by atoms with Gasteiger partial charge < -0.3 is 14.4 Å². The molecule has 0 aliphatic carbocycles. The summed E-state index contributed by atoms with van der Waals surface area (Å²) in [5.74, 6) is -0.315. The second-order valence-electron chi connectivity index (χ2n) is 4.53. The smallest absolute Gasteiger partial charge is 0.328 e. The van der Waals surface area contributed by atoms with Crippen LogP contribution >= 0.6 is 0 Å². The van der Waals surface area contributed by atoms with Crippen LogP contribution in [0, 0.1) is 0 Å². The Hall–Kier alpha value is -1.10. The minimum atomic E-state index is -0.386. The average molecular weight is 241 g/mol. The third-order valence-corrected chi connectivity index (χ3v) is 3.16. The minimum Gasteiger partial charge on any atom is -0.464 e. The second-order valence-corrected chi connectivity index (χ2v) is 4.53. The van der Waals surface area contributed by atoms with Gasteiger partial charge in [-0.3, -0.25) is 4.79 Å². The Morgan fingerprint density at radius 3 is 2.88 bits per heavy atom. The Morgan fingerprint density at radius 1 is 1.47 bits per heavy atom. The zero-order chi connectivity index (χ0) is 12.3. The van der Waals surface area contributed by atoms with Gasteiger partial charge in [0, 0.05) is 6.54 Å². The van der Waals surface area contributed by atoms with Crippen LogP contribution in [0.15, 0.2) is 0 Å². The molecule has 2 heterocycles. The first-order valence-corrected chi connectivity index (χ1v) is 6.32. The van der Waals surface area contributed by atoms with Crippen molar-refractivity contribution in [3.63, 3.8) is 0 Å². The number of epoxide rings is 1. The van der Waals surface area contributed by atoms with Crippen molar-refractivity contribution in [1.29, 1.82) is 0 Å². The molecule has 5 nitrogen and oxygen atoms in total. The van der Waals surface area contributed by atoms with E-state index in [0.717, 1.165) is 19.3 Å². The van der Waals surface area contributed by atoms with Crippen molar-refractivity contribution in [2.45, 2.75) is 44.8 Å².